The van der Waals surface area contributed by atoms with Gasteiger partial charge in [-0.3, -0.25) is 4.68 Å². The summed E-state index contributed by atoms with van der Waals surface area (Å²) in [5.41, 5.74) is 2.32. The van der Waals surface area contributed by atoms with Crippen LogP contribution in [-0.4, -0.2) is 29.7 Å². The number of rotatable bonds is 6. The number of fused-ring (bicyclic) bond motifs is 1. The Morgan fingerprint density at radius 1 is 1.33 bits per heavy atom. The number of nitrogens with zero attached hydrogens (tertiary/aromatic N) is 2. The number of aromatic nitrogens is 2. The van der Waals surface area contributed by atoms with E-state index in [-0.39, 0.29) is 6.10 Å². The lowest BCUT2D eigenvalue weighted by atomic mass is 9.97. The summed E-state index contributed by atoms with van der Waals surface area (Å²) in [6.07, 6.45) is 5.24. The molecule has 1 N–H and O–H groups in total. The van der Waals surface area contributed by atoms with E-state index in [1.807, 2.05) is 23.0 Å². The fraction of sp³-hybridized carbons (Fsp3) is 0.500. The van der Waals surface area contributed by atoms with E-state index < -0.39 is 0 Å². The summed E-state index contributed by atoms with van der Waals surface area (Å²) in [6.45, 7) is 5.78. The van der Waals surface area contributed by atoms with Crippen molar-refractivity contribution in [3.05, 3.63) is 41.7 Å². The summed E-state index contributed by atoms with van der Waals surface area (Å²) >= 11 is 0. The van der Waals surface area contributed by atoms with Gasteiger partial charge in [-0.25, -0.2) is 0 Å². The molecule has 0 radical (unpaired) electrons. The molecule has 0 amide bonds. The Kier molecular flexibility index (Phi) is 4.40. The third kappa shape index (κ3) is 2.99. The van der Waals surface area contributed by atoms with Crippen LogP contribution in [0.2, 0.25) is 0 Å². The van der Waals surface area contributed by atoms with Crippen LogP contribution in [0.4, 0.5) is 0 Å². The molecule has 1 saturated heterocycles. The van der Waals surface area contributed by atoms with E-state index in [2.05, 4.69) is 29.6 Å². The van der Waals surface area contributed by atoms with Gasteiger partial charge in [0.25, 0.3) is 0 Å². The average Bonchev–Trinajstić information content (AvgIpc) is 3.34. The molecule has 0 aliphatic carbocycles. The smallest absolute Gasteiger partial charge is 0.231 e. The minimum atomic E-state index is 0.138. The number of para-hydroxylation sites is 1. The second-order valence-corrected chi connectivity index (χ2v) is 6.25. The summed E-state index contributed by atoms with van der Waals surface area (Å²) in [4.78, 5) is 0. The standard InChI is InChI=1S/C18H23N3O3/c1-2-21-11-15(10-20-21)17-14(6-7-22-17)9-19-8-13-4-3-5-16-18(13)24-12-23-16/h3-5,10-11,14,17,19H,2,6-9,12H2,1H3/t14-,17-/m0/s1. The molecular formula is C18H23N3O3. The van der Waals surface area contributed by atoms with Gasteiger partial charge in [0, 0.05) is 49.5 Å². The SMILES string of the molecule is CCn1cc([C@H]2OCC[C@H]2CNCc2cccc3c2OCO3)cn1. The normalized spacial score (nSPS) is 22.2. The van der Waals surface area contributed by atoms with Crippen LogP contribution in [0.15, 0.2) is 30.6 Å². The van der Waals surface area contributed by atoms with Crippen molar-refractivity contribution in [2.24, 2.45) is 5.92 Å². The summed E-state index contributed by atoms with van der Waals surface area (Å²) in [5.74, 6) is 2.17. The van der Waals surface area contributed by atoms with Gasteiger partial charge in [-0.2, -0.15) is 5.10 Å². The molecule has 6 nitrogen and oxygen atoms in total. The van der Waals surface area contributed by atoms with Crippen molar-refractivity contribution in [1.29, 1.82) is 0 Å². The van der Waals surface area contributed by atoms with Crippen LogP contribution < -0.4 is 14.8 Å². The maximum absolute atomic E-state index is 5.95. The Hall–Kier alpha value is -2.05. The van der Waals surface area contributed by atoms with Crippen LogP contribution in [-0.2, 0) is 17.8 Å². The molecule has 1 fully saturated rings. The minimum absolute atomic E-state index is 0.138. The molecule has 0 bridgehead atoms. The van der Waals surface area contributed by atoms with Gasteiger partial charge in [-0.15, -0.1) is 0 Å². The minimum Gasteiger partial charge on any atom is -0.454 e. The first kappa shape index (κ1) is 15.5. The summed E-state index contributed by atoms with van der Waals surface area (Å²) < 4.78 is 18.9. The van der Waals surface area contributed by atoms with Crippen molar-refractivity contribution in [2.45, 2.75) is 32.5 Å². The van der Waals surface area contributed by atoms with E-state index in [9.17, 15) is 0 Å². The third-order valence-electron chi connectivity index (χ3n) is 4.72. The van der Waals surface area contributed by atoms with E-state index in [0.717, 1.165) is 49.7 Å². The van der Waals surface area contributed by atoms with Crippen LogP contribution >= 0.6 is 0 Å². The molecule has 128 valence electrons. The van der Waals surface area contributed by atoms with Gasteiger partial charge in [0.1, 0.15) is 0 Å². The molecule has 0 spiro atoms. The maximum atomic E-state index is 5.95. The molecule has 3 heterocycles. The fourth-order valence-corrected chi connectivity index (χ4v) is 3.43. The first-order valence-electron chi connectivity index (χ1n) is 8.57. The summed E-state index contributed by atoms with van der Waals surface area (Å²) in [7, 11) is 0. The number of aryl methyl sites for hydroxylation is 1. The zero-order valence-corrected chi connectivity index (χ0v) is 13.9. The molecule has 2 aromatic rings. The summed E-state index contributed by atoms with van der Waals surface area (Å²) in [6, 6.07) is 6.03. The van der Waals surface area contributed by atoms with Crippen LogP contribution in [0.3, 0.4) is 0 Å². The molecule has 2 atom stereocenters. The maximum Gasteiger partial charge on any atom is 0.231 e. The Labute approximate surface area is 141 Å². The van der Waals surface area contributed by atoms with E-state index in [1.54, 1.807) is 0 Å². The molecular weight excluding hydrogens is 306 g/mol. The summed E-state index contributed by atoms with van der Waals surface area (Å²) in [5, 5.41) is 7.92. The van der Waals surface area contributed by atoms with Crippen molar-refractivity contribution in [2.75, 3.05) is 19.9 Å². The van der Waals surface area contributed by atoms with Crippen LogP contribution in [0.25, 0.3) is 0 Å². The first-order chi connectivity index (χ1) is 11.8. The van der Waals surface area contributed by atoms with Crippen molar-refractivity contribution in [3.8, 4) is 11.5 Å². The van der Waals surface area contributed by atoms with E-state index in [0.29, 0.717) is 12.7 Å². The number of ether oxygens (including phenoxy) is 3. The number of hydrogen-bond acceptors (Lipinski definition) is 5. The van der Waals surface area contributed by atoms with Crippen molar-refractivity contribution < 1.29 is 14.2 Å². The molecule has 1 aromatic carbocycles. The van der Waals surface area contributed by atoms with Gasteiger partial charge in [0.05, 0.1) is 12.3 Å². The lowest BCUT2D eigenvalue weighted by Crippen LogP contribution is -2.24. The average molecular weight is 329 g/mol. The van der Waals surface area contributed by atoms with Crippen molar-refractivity contribution in [3.63, 3.8) is 0 Å². The second kappa shape index (κ2) is 6.83. The third-order valence-corrected chi connectivity index (χ3v) is 4.72. The highest BCUT2D eigenvalue weighted by Crippen LogP contribution is 2.36. The van der Waals surface area contributed by atoms with Crippen LogP contribution in [0, 0.1) is 5.92 Å². The monoisotopic (exact) mass is 329 g/mol. The zero-order chi connectivity index (χ0) is 16.4. The highest BCUT2D eigenvalue weighted by atomic mass is 16.7. The first-order valence-corrected chi connectivity index (χ1v) is 8.57. The highest BCUT2D eigenvalue weighted by Gasteiger charge is 2.30. The van der Waals surface area contributed by atoms with E-state index in [4.69, 9.17) is 14.2 Å². The van der Waals surface area contributed by atoms with Crippen LogP contribution in [0.1, 0.15) is 30.6 Å². The van der Waals surface area contributed by atoms with Crippen molar-refractivity contribution >= 4 is 0 Å². The van der Waals surface area contributed by atoms with Gasteiger partial charge in [-0.1, -0.05) is 12.1 Å². The van der Waals surface area contributed by atoms with Gasteiger partial charge >= 0.3 is 0 Å². The Morgan fingerprint density at radius 2 is 2.29 bits per heavy atom. The van der Waals surface area contributed by atoms with Gasteiger partial charge < -0.3 is 19.5 Å². The number of benzene rings is 1. The van der Waals surface area contributed by atoms with E-state index >= 15 is 0 Å². The highest BCUT2D eigenvalue weighted by molar-refractivity contribution is 5.48. The van der Waals surface area contributed by atoms with Gasteiger partial charge in [0.15, 0.2) is 11.5 Å². The van der Waals surface area contributed by atoms with Gasteiger partial charge in [-0.05, 0) is 19.4 Å². The molecule has 2 aliphatic rings. The Morgan fingerprint density at radius 3 is 3.17 bits per heavy atom. The molecule has 2 aliphatic heterocycles. The quantitative estimate of drug-likeness (QED) is 0.882. The lowest BCUT2D eigenvalue weighted by Gasteiger charge is -2.18. The Balaban J connectivity index is 1.36. The van der Waals surface area contributed by atoms with Crippen molar-refractivity contribution in [1.82, 2.24) is 15.1 Å². The molecule has 24 heavy (non-hydrogen) atoms. The zero-order valence-electron chi connectivity index (χ0n) is 13.9. The fourth-order valence-electron chi connectivity index (χ4n) is 3.43. The molecule has 6 heteroatoms. The molecule has 0 saturated carbocycles. The predicted octanol–water partition coefficient (Wildman–Crippen LogP) is 2.50. The second-order valence-electron chi connectivity index (χ2n) is 6.25. The largest absolute Gasteiger partial charge is 0.454 e. The molecule has 4 rings (SSSR count). The van der Waals surface area contributed by atoms with Gasteiger partial charge in [0.2, 0.25) is 6.79 Å². The van der Waals surface area contributed by atoms with Crippen LogP contribution in [0.5, 0.6) is 11.5 Å². The lowest BCUT2D eigenvalue weighted by molar-refractivity contribution is 0.0903. The molecule has 0 unspecified atom stereocenters. The Bertz CT molecular complexity index is 701. The number of hydrogen-bond donors (Lipinski definition) is 1. The predicted molar refractivity (Wildman–Crippen MR) is 89.0 cm³/mol. The molecule has 1 aromatic heterocycles. The van der Waals surface area contributed by atoms with E-state index in [1.165, 1.54) is 5.56 Å². The topological polar surface area (TPSA) is 57.5 Å². The number of nitrogens with one attached hydrogen (secondary N) is 1.